The van der Waals surface area contributed by atoms with Crippen LogP contribution in [-0.4, -0.2) is 32.1 Å². The summed E-state index contributed by atoms with van der Waals surface area (Å²) in [4.78, 5) is 8.09. The van der Waals surface area contributed by atoms with Crippen molar-refractivity contribution in [1.82, 2.24) is 25.0 Å². The molecule has 0 amide bonds. The lowest BCUT2D eigenvalue weighted by molar-refractivity contribution is 0.398. The molecule has 90 valence electrons. The van der Waals surface area contributed by atoms with Gasteiger partial charge in [-0.3, -0.25) is 0 Å². The zero-order valence-electron chi connectivity index (χ0n) is 9.79. The molecule has 0 aliphatic heterocycles. The SMILES string of the molecule is CCCn1nncc1-c1cc(OC)nc(N)n1. The van der Waals surface area contributed by atoms with Crippen molar-refractivity contribution in [1.29, 1.82) is 0 Å². The maximum atomic E-state index is 5.61. The van der Waals surface area contributed by atoms with Crippen LogP contribution in [0.25, 0.3) is 11.4 Å². The largest absolute Gasteiger partial charge is 0.481 e. The first-order valence-corrected chi connectivity index (χ1v) is 5.32. The summed E-state index contributed by atoms with van der Waals surface area (Å²) < 4.78 is 6.83. The Morgan fingerprint density at radius 1 is 1.41 bits per heavy atom. The molecule has 0 fully saturated rings. The quantitative estimate of drug-likeness (QED) is 0.838. The molecule has 0 unspecified atom stereocenters. The van der Waals surface area contributed by atoms with E-state index in [4.69, 9.17) is 10.5 Å². The predicted molar refractivity (Wildman–Crippen MR) is 62.3 cm³/mol. The summed E-state index contributed by atoms with van der Waals surface area (Å²) in [5, 5.41) is 7.87. The molecule has 0 saturated heterocycles. The van der Waals surface area contributed by atoms with Crippen molar-refractivity contribution >= 4 is 5.95 Å². The van der Waals surface area contributed by atoms with Crippen LogP contribution in [0.5, 0.6) is 5.88 Å². The van der Waals surface area contributed by atoms with Gasteiger partial charge in [0.25, 0.3) is 0 Å². The molecule has 0 saturated carbocycles. The van der Waals surface area contributed by atoms with Gasteiger partial charge >= 0.3 is 0 Å². The Morgan fingerprint density at radius 2 is 2.24 bits per heavy atom. The highest BCUT2D eigenvalue weighted by Gasteiger charge is 2.10. The van der Waals surface area contributed by atoms with Crippen molar-refractivity contribution in [3.63, 3.8) is 0 Å². The third-order valence-electron chi connectivity index (χ3n) is 2.24. The molecule has 7 heteroatoms. The Labute approximate surface area is 98.6 Å². The molecule has 2 aromatic heterocycles. The van der Waals surface area contributed by atoms with Crippen molar-refractivity contribution in [3.05, 3.63) is 12.3 Å². The minimum atomic E-state index is 0.170. The number of hydrogen-bond donors (Lipinski definition) is 1. The van der Waals surface area contributed by atoms with Crippen LogP contribution in [0.1, 0.15) is 13.3 Å². The van der Waals surface area contributed by atoms with Crippen LogP contribution in [0.3, 0.4) is 0 Å². The van der Waals surface area contributed by atoms with Gasteiger partial charge in [0.1, 0.15) is 5.69 Å². The zero-order chi connectivity index (χ0) is 12.3. The fourth-order valence-electron chi connectivity index (χ4n) is 1.51. The Bertz CT molecular complexity index is 509. The molecule has 2 aromatic rings. The predicted octanol–water partition coefficient (Wildman–Crippen LogP) is 0.736. The van der Waals surface area contributed by atoms with E-state index in [0.29, 0.717) is 11.6 Å². The molecule has 0 radical (unpaired) electrons. The van der Waals surface area contributed by atoms with Crippen LogP contribution in [0.2, 0.25) is 0 Å². The highest BCUT2D eigenvalue weighted by Crippen LogP contribution is 2.20. The summed E-state index contributed by atoms with van der Waals surface area (Å²) in [5.74, 6) is 0.598. The van der Waals surface area contributed by atoms with Crippen molar-refractivity contribution < 1.29 is 4.74 Å². The van der Waals surface area contributed by atoms with E-state index in [1.807, 2.05) is 0 Å². The third-order valence-corrected chi connectivity index (χ3v) is 2.24. The lowest BCUT2D eigenvalue weighted by atomic mass is 10.3. The van der Waals surface area contributed by atoms with E-state index in [-0.39, 0.29) is 5.95 Å². The Kier molecular flexibility index (Phi) is 3.17. The number of nitrogens with two attached hydrogens (primary N) is 1. The number of rotatable bonds is 4. The second kappa shape index (κ2) is 4.77. The molecular weight excluding hydrogens is 220 g/mol. The number of methoxy groups -OCH3 is 1. The van der Waals surface area contributed by atoms with Crippen molar-refractivity contribution in [2.45, 2.75) is 19.9 Å². The Morgan fingerprint density at radius 3 is 2.94 bits per heavy atom. The topological polar surface area (TPSA) is 91.7 Å². The number of anilines is 1. The number of nitrogens with zero attached hydrogens (tertiary/aromatic N) is 5. The first-order valence-electron chi connectivity index (χ1n) is 5.32. The third kappa shape index (κ3) is 2.32. The lowest BCUT2D eigenvalue weighted by Gasteiger charge is -2.06. The summed E-state index contributed by atoms with van der Waals surface area (Å²) in [6.07, 6.45) is 2.62. The van der Waals surface area contributed by atoms with E-state index in [9.17, 15) is 0 Å². The number of nitrogen functional groups attached to an aromatic ring is 1. The molecule has 2 heterocycles. The van der Waals surface area contributed by atoms with Gasteiger partial charge in [0.05, 0.1) is 19.0 Å². The van der Waals surface area contributed by atoms with Gasteiger partial charge in [0.2, 0.25) is 11.8 Å². The van der Waals surface area contributed by atoms with Gasteiger partial charge in [0.15, 0.2) is 0 Å². The maximum Gasteiger partial charge on any atom is 0.223 e. The molecule has 0 aliphatic carbocycles. The number of aryl methyl sites for hydroxylation is 1. The van der Waals surface area contributed by atoms with Gasteiger partial charge in [0, 0.05) is 12.6 Å². The minimum absolute atomic E-state index is 0.170. The molecule has 17 heavy (non-hydrogen) atoms. The lowest BCUT2D eigenvalue weighted by Crippen LogP contribution is -2.04. The van der Waals surface area contributed by atoms with E-state index in [1.165, 1.54) is 7.11 Å². The van der Waals surface area contributed by atoms with Gasteiger partial charge < -0.3 is 10.5 Å². The molecule has 0 aromatic carbocycles. The molecule has 2 N–H and O–H groups in total. The summed E-state index contributed by atoms with van der Waals surface area (Å²) in [6, 6.07) is 1.71. The maximum absolute atomic E-state index is 5.61. The van der Waals surface area contributed by atoms with Gasteiger partial charge in [-0.15, -0.1) is 5.10 Å². The first kappa shape index (κ1) is 11.3. The molecule has 7 nitrogen and oxygen atoms in total. The van der Waals surface area contributed by atoms with Crippen molar-refractivity contribution in [2.24, 2.45) is 0 Å². The summed E-state index contributed by atoms with van der Waals surface area (Å²) in [5.41, 5.74) is 7.08. The highest BCUT2D eigenvalue weighted by molar-refractivity contribution is 5.56. The smallest absolute Gasteiger partial charge is 0.223 e. The van der Waals surface area contributed by atoms with Gasteiger partial charge in [-0.2, -0.15) is 4.98 Å². The molecule has 0 atom stereocenters. The van der Waals surface area contributed by atoms with Gasteiger partial charge in [-0.1, -0.05) is 12.1 Å². The van der Waals surface area contributed by atoms with Crippen LogP contribution in [0.15, 0.2) is 12.3 Å². The Balaban J connectivity index is 2.44. The molecular formula is C10H14N6O. The van der Waals surface area contributed by atoms with Crippen molar-refractivity contribution in [2.75, 3.05) is 12.8 Å². The average molecular weight is 234 g/mol. The van der Waals surface area contributed by atoms with E-state index < -0.39 is 0 Å². The van der Waals surface area contributed by atoms with E-state index in [1.54, 1.807) is 16.9 Å². The molecule has 0 spiro atoms. The normalized spacial score (nSPS) is 10.5. The second-order valence-electron chi connectivity index (χ2n) is 3.50. The molecule has 0 aliphatic rings. The van der Waals surface area contributed by atoms with Crippen LogP contribution in [0.4, 0.5) is 5.95 Å². The standard InChI is InChI=1S/C10H14N6O/c1-3-4-16-8(6-12-15-16)7-5-9(17-2)14-10(11)13-7/h5-6H,3-4H2,1-2H3,(H2,11,13,14). The average Bonchev–Trinajstić information content (AvgIpc) is 2.77. The van der Waals surface area contributed by atoms with Crippen molar-refractivity contribution in [3.8, 4) is 17.3 Å². The van der Waals surface area contributed by atoms with E-state index >= 15 is 0 Å². The highest BCUT2D eigenvalue weighted by atomic mass is 16.5. The summed E-state index contributed by atoms with van der Waals surface area (Å²) >= 11 is 0. The fraction of sp³-hybridized carbons (Fsp3) is 0.400. The minimum Gasteiger partial charge on any atom is -0.481 e. The van der Waals surface area contributed by atoms with E-state index in [0.717, 1.165) is 18.7 Å². The van der Waals surface area contributed by atoms with Crippen LogP contribution in [0, 0.1) is 0 Å². The van der Waals surface area contributed by atoms with Crippen LogP contribution < -0.4 is 10.5 Å². The Hall–Kier alpha value is -2.18. The van der Waals surface area contributed by atoms with Gasteiger partial charge in [-0.05, 0) is 6.42 Å². The second-order valence-corrected chi connectivity index (χ2v) is 3.50. The summed E-state index contributed by atoms with van der Waals surface area (Å²) in [7, 11) is 1.53. The van der Waals surface area contributed by atoms with Crippen LogP contribution >= 0.6 is 0 Å². The van der Waals surface area contributed by atoms with E-state index in [2.05, 4.69) is 27.2 Å². The summed E-state index contributed by atoms with van der Waals surface area (Å²) in [6.45, 7) is 2.85. The van der Waals surface area contributed by atoms with Crippen LogP contribution in [-0.2, 0) is 6.54 Å². The zero-order valence-corrected chi connectivity index (χ0v) is 9.79. The number of hydrogen-bond acceptors (Lipinski definition) is 6. The molecule has 2 rings (SSSR count). The molecule has 0 bridgehead atoms. The number of ether oxygens (including phenoxy) is 1. The number of aromatic nitrogens is 5. The van der Waals surface area contributed by atoms with Gasteiger partial charge in [-0.25, -0.2) is 9.67 Å². The first-order chi connectivity index (χ1) is 8.24. The monoisotopic (exact) mass is 234 g/mol. The fourth-order valence-corrected chi connectivity index (χ4v) is 1.51.